The van der Waals surface area contributed by atoms with Gasteiger partial charge in [-0.2, -0.15) is 0 Å². The minimum absolute atomic E-state index is 0. The molecular formula is C19H27IN4OS. The van der Waals surface area contributed by atoms with Crippen molar-refractivity contribution in [3.8, 4) is 0 Å². The molecule has 1 aliphatic heterocycles. The van der Waals surface area contributed by atoms with Crippen LogP contribution in [0.2, 0.25) is 0 Å². The Kier molecular flexibility index (Phi) is 8.80. The van der Waals surface area contributed by atoms with E-state index in [-0.39, 0.29) is 24.0 Å². The van der Waals surface area contributed by atoms with Crippen LogP contribution in [0.25, 0.3) is 0 Å². The van der Waals surface area contributed by atoms with Gasteiger partial charge in [0.2, 0.25) is 0 Å². The fraction of sp³-hybridized carbons (Fsp3) is 0.474. The molecule has 1 aromatic carbocycles. The van der Waals surface area contributed by atoms with Gasteiger partial charge in [0.05, 0.1) is 19.8 Å². The number of rotatable bonds is 6. The molecule has 0 bridgehead atoms. The first-order valence-corrected chi connectivity index (χ1v) is 9.55. The van der Waals surface area contributed by atoms with Gasteiger partial charge in [-0.3, -0.25) is 4.99 Å². The number of benzene rings is 1. The van der Waals surface area contributed by atoms with Crippen molar-refractivity contribution in [1.82, 2.24) is 15.2 Å². The number of guanidine groups is 1. The van der Waals surface area contributed by atoms with Crippen molar-refractivity contribution in [2.24, 2.45) is 10.9 Å². The fourth-order valence-corrected chi connectivity index (χ4v) is 3.78. The molecule has 3 rings (SSSR count). The Morgan fingerprint density at radius 3 is 2.88 bits per heavy atom. The van der Waals surface area contributed by atoms with Crippen molar-refractivity contribution in [3.05, 3.63) is 52.0 Å². The summed E-state index contributed by atoms with van der Waals surface area (Å²) in [4.78, 5) is 12.4. The average molecular weight is 486 g/mol. The number of ether oxygens (including phenoxy) is 1. The van der Waals surface area contributed by atoms with Gasteiger partial charge in [0.15, 0.2) is 5.96 Å². The van der Waals surface area contributed by atoms with Crippen LogP contribution in [-0.4, -0.2) is 42.6 Å². The van der Waals surface area contributed by atoms with Crippen molar-refractivity contribution in [2.75, 3.05) is 26.7 Å². The third-order valence-electron chi connectivity index (χ3n) is 4.33. The van der Waals surface area contributed by atoms with Crippen LogP contribution in [0.1, 0.15) is 21.9 Å². The first-order chi connectivity index (χ1) is 12.2. The molecule has 0 amide bonds. The van der Waals surface area contributed by atoms with Crippen molar-refractivity contribution >= 4 is 41.3 Å². The Morgan fingerprint density at radius 2 is 2.19 bits per heavy atom. The number of likely N-dealkylation sites (tertiary alicyclic amines) is 1. The SMILES string of the molecule is CN=C(NCc1ncc(C)s1)N1CCC(COCc2ccccc2)C1.I. The van der Waals surface area contributed by atoms with E-state index in [2.05, 4.69) is 51.4 Å². The van der Waals surface area contributed by atoms with Gasteiger partial charge in [-0.15, -0.1) is 35.3 Å². The van der Waals surface area contributed by atoms with Crippen LogP contribution < -0.4 is 5.32 Å². The lowest BCUT2D eigenvalue weighted by molar-refractivity contribution is 0.0906. The number of aliphatic imine (C=N–C) groups is 1. The molecule has 1 unspecified atom stereocenters. The molecule has 0 saturated carbocycles. The minimum Gasteiger partial charge on any atom is -0.376 e. The van der Waals surface area contributed by atoms with Gasteiger partial charge in [-0.25, -0.2) is 4.98 Å². The summed E-state index contributed by atoms with van der Waals surface area (Å²) in [6.45, 7) is 6.32. The second kappa shape index (κ2) is 10.8. The van der Waals surface area contributed by atoms with Crippen molar-refractivity contribution < 1.29 is 4.74 Å². The first-order valence-electron chi connectivity index (χ1n) is 8.73. The Labute approximate surface area is 176 Å². The molecular weight excluding hydrogens is 459 g/mol. The Morgan fingerprint density at radius 1 is 1.38 bits per heavy atom. The molecule has 142 valence electrons. The van der Waals surface area contributed by atoms with Crippen molar-refractivity contribution in [3.63, 3.8) is 0 Å². The molecule has 0 spiro atoms. The summed E-state index contributed by atoms with van der Waals surface area (Å²) in [6.07, 6.45) is 3.06. The van der Waals surface area contributed by atoms with Gasteiger partial charge < -0.3 is 15.0 Å². The summed E-state index contributed by atoms with van der Waals surface area (Å²) in [7, 11) is 1.84. The second-order valence-corrected chi connectivity index (χ2v) is 7.69. The van der Waals surface area contributed by atoms with E-state index >= 15 is 0 Å². The van der Waals surface area contributed by atoms with E-state index in [0.717, 1.165) is 43.6 Å². The number of halogens is 1. The number of thiazole rings is 1. The van der Waals surface area contributed by atoms with Crippen molar-refractivity contribution in [1.29, 1.82) is 0 Å². The van der Waals surface area contributed by atoms with Crippen LogP contribution in [0.5, 0.6) is 0 Å². The molecule has 0 radical (unpaired) electrons. The lowest BCUT2D eigenvalue weighted by Crippen LogP contribution is -2.39. The number of aryl methyl sites for hydroxylation is 1. The van der Waals surface area contributed by atoms with E-state index in [1.165, 1.54) is 10.4 Å². The summed E-state index contributed by atoms with van der Waals surface area (Å²) in [5.41, 5.74) is 1.23. The fourth-order valence-electron chi connectivity index (χ4n) is 3.05. The highest BCUT2D eigenvalue weighted by atomic mass is 127. The predicted octanol–water partition coefficient (Wildman–Crippen LogP) is 3.68. The summed E-state index contributed by atoms with van der Waals surface area (Å²) in [6, 6.07) is 10.3. The smallest absolute Gasteiger partial charge is 0.194 e. The van der Waals surface area contributed by atoms with Gasteiger partial charge in [0.25, 0.3) is 0 Å². The van der Waals surface area contributed by atoms with Crippen LogP contribution in [0.15, 0.2) is 41.5 Å². The molecule has 1 fully saturated rings. The van der Waals surface area contributed by atoms with Crippen LogP contribution in [-0.2, 0) is 17.9 Å². The average Bonchev–Trinajstić information content (AvgIpc) is 3.26. The number of nitrogens with one attached hydrogen (secondary N) is 1. The summed E-state index contributed by atoms with van der Waals surface area (Å²) in [5.74, 6) is 1.52. The lowest BCUT2D eigenvalue weighted by Gasteiger charge is -2.21. The Hall–Kier alpha value is -1.19. The van der Waals surface area contributed by atoms with Gasteiger partial charge >= 0.3 is 0 Å². The second-order valence-electron chi connectivity index (χ2n) is 6.37. The maximum Gasteiger partial charge on any atom is 0.194 e. The normalized spacial score (nSPS) is 17.2. The molecule has 5 nitrogen and oxygen atoms in total. The molecule has 26 heavy (non-hydrogen) atoms. The largest absolute Gasteiger partial charge is 0.376 e. The van der Waals surface area contributed by atoms with E-state index in [0.29, 0.717) is 12.5 Å². The van der Waals surface area contributed by atoms with Crippen molar-refractivity contribution in [2.45, 2.75) is 26.5 Å². The van der Waals surface area contributed by atoms with Crippen LogP contribution >= 0.6 is 35.3 Å². The zero-order chi connectivity index (χ0) is 17.5. The molecule has 1 aliphatic rings. The highest BCUT2D eigenvalue weighted by Crippen LogP contribution is 2.18. The summed E-state index contributed by atoms with van der Waals surface area (Å²) < 4.78 is 5.90. The first kappa shape index (κ1) is 21.1. The molecule has 2 aromatic rings. The van der Waals surface area contributed by atoms with Crippen LogP contribution in [0.4, 0.5) is 0 Å². The third kappa shape index (κ3) is 6.21. The van der Waals surface area contributed by atoms with Gasteiger partial charge in [-0.05, 0) is 18.9 Å². The molecule has 7 heteroatoms. The minimum atomic E-state index is 0. The zero-order valence-corrected chi connectivity index (χ0v) is 18.5. The molecule has 1 atom stereocenters. The lowest BCUT2D eigenvalue weighted by atomic mass is 10.1. The van der Waals surface area contributed by atoms with Crippen LogP contribution in [0, 0.1) is 12.8 Å². The number of nitrogens with zero attached hydrogens (tertiary/aromatic N) is 3. The number of aromatic nitrogens is 1. The third-order valence-corrected chi connectivity index (χ3v) is 5.24. The highest BCUT2D eigenvalue weighted by Gasteiger charge is 2.25. The van der Waals surface area contributed by atoms with E-state index in [9.17, 15) is 0 Å². The van der Waals surface area contributed by atoms with Crippen LogP contribution in [0.3, 0.4) is 0 Å². The van der Waals surface area contributed by atoms with Gasteiger partial charge in [0.1, 0.15) is 5.01 Å². The maximum absolute atomic E-state index is 5.90. The topological polar surface area (TPSA) is 49.8 Å². The summed E-state index contributed by atoms with van der Waals surface area (Å²) in [5, 5.41) is 4.52. The molecule has 0 aliphatic carbocycles. The standard InChI is InChI=1S/C19H26N4OS.HI/c1-15-10-21-18(25-15)11-22-19(20-2)23-9-8-17(12-23)14-24-13-16-6-4-3-5-7-16;/h3-7,10,17H,8-9,11-14H2,1-2H3,(H,20,22);1H. The van der Waals surface area contributed by atoms with E-state index in [4.69, 9.17) is 4.74 Å². The number of hydrogen-bond donors (Lipinski definition) is 1. The van der Waals surface area contributed by atoms with E-state index < -0.39 is 0 Å². The monoisotopic (exact) mass is 486 g/mol. The predicted molar refractivity (Wildman–Crippen MR) is 118 cm³/mol. The molecule has 1 aromatic heterocycles. The van der Waals surface area contributed by atoms with Gasteiger partial charge in [0, 0.05) is 37.1 Å². The Bertz CT molecular complexity index is 692. The molecule has 1 saturated heterocycles. The zero-order valence-electron chi connectivity index (χ0n) is 15.4. The molecule has 1 N–H and O–H groups in total. The van der Waals surface area contributed by atoms with E-state index in [1.54, 1.807) is 11.3 Å². The number of hydrogen-bond acceptors (Lipinski definition) is 4. The quantitative estimate of drug-likeness (QED) is 0.385. The van der Waals surface area contributed by atoms with E-state index in [1.807, 2.05) is 19.3 Å². The Balaban J connectivity index is 0.00000243. The highest BCUT2D eigenvalue weighted by molar-refractivity contribution is 14.0. The summed E-state index contributed by atoms with van der Waals surface area (Å²) >= 11 is 1.73. The maximum atomic E-state index is 5.90. The van der Waals surface area contributed by atoms with Gasteiger partial charge in [-0.1, -0.05) is 30.3 Å². The molecule has 2 heterocycles.